The quantitative estimate of drug-likeness (QED) is 0.770. The van der Waals surface area contributed by atoms with Gasteiger partial charge < -0.3 is 19.1 Å². The van der Waals surface area contributed by atoms with E-state index in [4.69, 9.17) is 9.26 Å². The number of benzene rings is 1. The van der Waals surface area contributed by atoms with E-state index in [2.05, 4.69) is 12.1 Å². The molecule has 2 aliphatic heterocycles. The molecule has 2 fully saturated rings. The average molecular weight is 412 g/mol. The molecule has 4 rings (SSSR count). The van der Waals surface area contributed by atoms with Crippen molar-refractivity contribution in [3.63, 3.8) is 0 Å². The second kappa shape index (κ2) is 8.90. The molecule has 0 radical (unpaired) electrons. The summed E-state index contributed by atoms with van der Waals surface area (Å²) in [6.07, 6.45) is 3.79. The number of hydrogen-bond donors (Lipinski definition) is 0. The van der Waals surface area contributed by atoms with Crippen LogP contribution in [0, 0.1) is 11.8 Å². The van der Waals surface area contributed by atoms with Crippen LogP contribution in [-0.4, -0.2) is 60.1 Å². The minimum Gasteiger partial charge on any atom is -0.497 e. The lowest BCUT2D eigenvalue weighted by molar-refractivity contribution is -0.138. The van der Waals surface area contributed by atoms with E-state index in [0.29, 0.717) is 30.5 Å². The molecule has 3 heterocycles. The van der Waals surface area contributed by atoms with Gasteiger partial charge in [0.1, 0.15) is 5.75 Å². The molecule has 30 heavy (non-hydrogen) atoms. The number of ether oxygens (including phenoxy) is 1. The number of methoxy groups -OCH3 is 1. The van der Waals surface area contributed by atoms with Gasteiger partial charge in [0.05, 0.1) is 13.0 Å². The first-order chi connectivity index (χ1) is 14.5. The van der Waals surface area contributed by atoms with Crippen molar-refractivity contribution in [2.45, 2.75) is 32.6 Å². The SMILES string of the molecule is COc1cccc(-c2cc(C(=O)N3CCCC(C(=O)N4CCC(C)CC4)C3)no2)c1. The van der Waals surface area contributed by atoms with Crippen LogP contribution >= 0.6 is 0 Å². The topological polar surface area (TPSA) is 75.9 Å². The number of amides is 2. The normalized spacial score (nSPS) is 20.3. The molecular weight excluding hydrogens is 382 g/mol. The number of hydrogen-bond acceptors (Lipinski definition) is 5. The highest BCUT2D eigenvalue weighted by atomic mass is 16.5. The summed E-state index contributed by atoms with van der Waals surface area (Å²) in [5, 5.41) is 3.99. The zero-order chi connectivity index (χ0) is 21.1. The molecule has 0 N–H and O–H groups in total. The first kappa shape index (κ1) is 20.4. The van der Waals surface area contributed by atoms with Crippen LogP contribution in [0.15, 0.2) is 34.9 Å². The van der Waals surface area contributed by atoms with Crippen molar-refractivity contribution in [3.8, 4) is 17.1 Å². The number of carbonyl (C=O) groups excluding carboxylic acids is 2. The van der Waals surface area contributed by atoms with Gasteiger partial charge in [-0.1, -0.05) is 24.2 Å². The third-order valence-electron chi connectivity index (χ3n) is 6.24. The summed E-state index contributed by atoms with van der Waals surface area (Å²) < 4.78 is 10.7. The highest BCUT2D eigenvalue weighted by Crippen LogP contribution is 2.27. The fourth-order valence-corrected chi connectivity index (χ4v) is 4.30. The maximum atomic E-state index is 13.0. The molecular formula is C23H29N3O4. The second-order valence-electron chi connectivity index (χ2n) is 8.41. The van der Waals surface area contributed by atoms with Crippen molar-refractivity contribution < 1.29 is 18.8 Å². The Balaban J connectivity index is 1.42. The van der Waals surface area contributed by atoms with E-state index in [-0.39, 0.29) is 23.4 Å². The Morgan fingerprint density at radius 3 is 2.67 bits per heavy atom. The van der Waals surface area contributed by atoms with Crippen LogP contribution in [0.3, 0.4) is 0 Å². The van der Waals surface area contributed by atoms with Gasteiger partial charge in [0, 0.05) is 37.8 Å². The van der Waals surface area contributed by atoms with Gasteiger partial charge in [0.25, 0.3) is 5.91 Å². The Kier molecular flexibility index (Phi) is 6.06. The van der Waals surface area contributed by atoms with Crippen LogP contribution in [-0.2, 0) is 4.79 Å². The van der Waals surface area contributed by atoms with Crippen LogP contribution < -0.4 is 4.74 Å². The molecule has 1 aromatic heterocycles. The van der Waals surface area contributed by atoms with E-state index in [1.807, 2.05) is 29.2 Å². The Labute approximate surface area is 177 Å². The van der Waals surface area contributed by atoms with E-state index in [9.17, 15) is 9.59 Å². The number of likely N-dealkylation sites (tertiary alicyclic amines) is 2. The molecule has 2 aliphatic rings. The molecule has 1 atom stereocenters. The third-order valence-corrected chi connectivity index (χ3v) is 6.24. The summed E-state index contributed by atoms with van der Waals surface area (Å²) >= 11 is 0. The monoisotopic (exact) mass is 411 g/mol. The van der Waals surface area contributed by atoms with Gasteiger partial charge in [-0.2, -0.15) is 0 Å². The molecule has 2 aromatic rings. The fourth-order valence-electron chi connectivity index (χ4n) is 4.30. The van der Waals surface area contributed by atoms with Gasteiger partial charge in [-0.25, -0.2) is 0 Å². The molecule has 0 bridgehead atoms. The molecule has 7 heteroatoms. The first-order valence-electron chi connectivity index (χ1n) is 10.7. The zero-order valence-corrected chi connectivity index (χ0v) is 17.7. The van der Waals surface area contributed by atoms with Crippen molar-refractivity contribution in [2.75, 3.05) is 33.3 Å². The number of carbonyl (C=O) groups is 2. The number of aromatic nitrogens is 1. The van der Waals surface area contributed by atoms with Crippen LogP contribution in [0.1, 0.15) is 43.1 Å². The Bertz CT molecular complexity index is 901. The molecule has 0 aliphatic carbocycles. The maximum absolute atomic E-state index is 13.0. The molecule has 7 nitrogen and oxygen atoms in total. The summed E-state index contributed by atoms with van der Waals surface area (Å²) in [4.78, 5) is 29.7. The second-order valence-corrected chi connectivity index (χ2v) is 8.41. The molecule has 0 saturated carbocycles. The van der Waals surface area contributed by atoms with E-state index < -0.39 is 0 Å². The fraction of sp³-hybridized carbons (Fsp3) is 0.522. The first-order valence-corrected chi connectivity index (χ1v) is 10.7. The van der Waals surface area contributed by atoms with E-state index in [0.717, 1.165) is 44.3 Å². The Morgan fingerprint density at radius 1 is 1.10 bits per heavy atom. The van der Waals surface area contributed by atoms with Crippen molar-refractivity contribution in [2.24, 2.45) is 11.8 Å². The van der Waals surface area contributed by atoms with Crippen molar-refractivity contribution in [3.05, 3.63) is 36.0 Å². The number of nitrogens with zero attached hydrogens (tertiary/aromatic N) is 3. The van der Waals surface area contributed by atoms with Gasteiger partial charge in [-0.15, -0.1) is 0 Å². The molecule has 1 unspecified atom stereocenters. The van der Waals surface area contributed by atoms with Crippen molar-refractivity contribution in [1.29, 1.82) is 0 Å². The van der Waals surface area contributed by atoms with E-state index in [1.54, 1.807) is 18.1 Å². The predicted molar refractivity (Wildman–Crippen MR) is 112 cm³/mol. The molecule has 1 aromatic carbocycles. The van der Waals surface area contributed by atoms with Crippen molar-refractivity contribution >= 4 is 11.8 Å². The van der Waals surface area contributed by atoms with Gasteiger partial charge in [-0.3, -0.25) is 9.59 Å². The lowest BCUT2D eigenvalue weighted by Gasteiger charge is -2.37. The number of piperidine rings is 2. The minimum atomic E-state index is -0.183. The Hall–Kier alpha value is -2.83. The smallest absolute Gasteiger partial charge is 0.276 e. The van der Waals surface area contributed by atoms with Crippen molar-refractivity contribution in [1.82, 2.24) is 15.0 Å². The molecule has 2 saturated heterocycles. The lowest BCUT2D eigenvalue weighted by atomic mass is 9.93. The van der Waals surface area contributed by atoms with E-state index in [1.165, 1.54) is 0 Å². The van der Waals surface area contributed by atoms with Crippen LogP contribution in [0.2, 0.25) is 0 Å². The maximum Gasteiger partial charge on any atom is 0.276 e. The van der Waals surface area contributed by atoms with Gasteiger partial charge >= 0.3 is 0 Å². The predicted octanol–water partition coefficient (Wildman–Crippen LogP) is 3.46. The standard InChI is InChI=1S/C23H29N3O4/c1-16-8-11-25(12-9-16)22(27)18-6-4-10-26(15-18)23(28)20-14-21(30-24-20)17-5-3-7-19(13-17)29-2/h3,5,7,13-14,16,18H,4,6,8-12,15H2,1-2H3. The summed E-state index contributed by atoms with van der Waals surface area (Å²) in [5.74, 6) is 1.80. The highest BCUT2D eigenvalue weighted by molar-refractivity contribution is 5.93. The summed E-state index contributed by atoms with van der Waals surface area (Å²) in [7, 11) is 1.60. The third kappa shape index (κ3) is 4.35. The molecule has 160 valence electrons. The van der Waals surface area contributed by atoms with Gasteiger partial charge in [0.2, 0.25) is 5.91 Å². The average Bonchev–Trinajstić information content (AvgIpc) is 3.29. The summed E-state index contributed by atoms with van der Waals surface area (Å²) in [5.41, 5.74) is 1.07. The molecule has 2 amide bonds. The minimum absolute atomic E-state index is 0.124. The molecule has 0 spiro atoms. The largest absolute Gasteiger partial charge is 0.497 e. The van der Waals surface area contributed by atoms with Crippen LogP contribution in [0.4, 0.5) is 0 Å². The van der Waals surface area contributed by atoms with Gasteiger partial charge in [0.15, 0.2) is 11.5 Å². The van der Waals surface area contributed by atoms with Gasteiger partial charge in [-0.05, 0) is 43.7 Å². The highest BCUT2D eigenvalue weighted by Gasteiger charge is 2.33. The lowest BCUT2D eigenvalue weighted by Crippen LogP contribution is -2.48. The van der Waals surface area contributed by atoms with Crippen LogP contribution in [0.25, 0.3) is 11.3 Å². The van der Waals surface area contributed by atoms with E-state index >= 15 is 0 Å². The Morgan fingerprint density at radius 2 is 1.90 bits per heavy atom. The summed E-state index contributed by atoms with van der Waals surface area (Å²) in [6, 6.07) is 9.09. The van der Waals surface area contributed by atoms with Crippen LogP contribution in [0.5, 0.6) is 5.75 Å². The number of rotatable bonds is 4. The summed E-state index contributed by atoms with van der Waals surface area (Å²) in [6.45, 7) is 4.99. The zero-order valence-electron chi connectivity index (χ0n) is 17.7.